The van der Waals surface area contributed by atoms with Gasteiger partial charge in [0.15, 0.2) is 0 Å². The molecule has 0 aromatic heterocycles. The Bertz CT molecular complexity index is 579. The minimum Gasteiger partial charge on any atom is -0.459 e. The highest BCUT2D eigenvalue weighted by Gasteiger charge is 2.30. The number of carbonyl (C=O) groups excluding carboxylic acids is 3. The third-order valence-corrected chi connectivity index (χ3v) is 2.99. The van der Waals surface area contributed by atoms with Gasteiger partial charge in [0.25, 0.3) is 5.69 Å². The zero-order valence-electron chi connectivity index (χ0n) is 11.0. The van der Waals surface area contributed by atoms with E-state index in [1.54, 1.807) is 0 Å². The molecule has 2 amide bonds. The molecule has 1 heterocycles. The molecule has 0 bridgehead atoms. The van der Waals surface area contributed by atoms with E-state index in [1.165, 1.54) is 24.3 Å². The Hall–Kier alpha value is -2.77. The van der Waals surface area contributed by atoms with Crippen LogP contribution < -0.4 is 0 Å². The third-order valence-electron chi connectivity index (χ3n) is 2.99. The monoisotopic (exact) mass is 292 g/mol. The van der Waals surface area contributed by atoms with Crippen molar-refractivity contribution in [3.8, 4) is 0 Å². The van der Waals surface area contributed by atoms with E-state index in [0.717, 1.165) is 4.90 Å². The van der Waals surface area contributed by atoms with Crippen LogP contribution in [0.4, 0.5) is 5.69 Å². The second kappa shape index (κ2) is 6.12. The first-order valence-electron chi connectivity index (χ1n) is 6.19. The van der Waals surface area contributed by atoms with E-state index in [0.29, 0.717) is 5.56 Å². The van der Waals surface area contributed by atoms with Gasteiger partial charge >= 0.3 is 5.97 Å². The van der Waals surface area contributed by atoms with Crippen LogP contribution in [0.25, 0.3) is 0 Å². The maximum atomic E-state index is 11.6. The summed E-state index contributed by atoms with van der Waals surface area (Å²) in [6.07, 6.45) is 0.239. The lowest BCUT2D eigenvalue weighted by molar-refractivity contribution is -0.384. The first kappa shape index (κ1) is 14.6. The number of nitrogens with zero attached hydrogens (tertiary/aromatic N) is 2. The zero-order chi connectivity index (χ0) is 15.4. The molecular weight excluding hydrogens is 280 g/mol. The van der Waals surface area contributed by atoms with Gasteiger partial charge in [-0.3, -0.25) is 29.4 Å². The Morgan fingerprint density at radius 1 is 1.19 bits per heavy atom. The summed E-state index contributed by atoms with van der Waals surface area (Å²) in [6.45, 7) is -0.475. The highest BCUT2D eigenvalue weighted by Crippen LogP contribution is 2.14. The van der Waals surface area contributed by atoms with Crippen molar-refractivity contribution in [2.75, 3.05) is 6.54 Å². The fourth-order valence-electron chi connectivity index (χ4n) is 1.85. The summed E-state index contributed by atoms with van der Waals surface area (Å²) in [5.74, 6) is -1.46. The highest BCUT2D eigenvalue weighted by molar-refractivity contribution is 6.04. The van der Waals surface area contributed by atoms with Crippen LogP contribution in [0.3, 0.4) is 0 Å². The molecule has 1 aliphatic heterocycles. The van der Waals surface area contributed by atoms with Gasteiger partial charge in [0.05, 0.1) is 4.92 Å². The summed E-state index contributed by atoms with van der Waals surface area (Å²) in [5, 5.41) is 10.5. The number of rotatable bonds is 5. The highest BCUT2D eigenvalue weighted by atomic mass is 16.6. The molecule has 0 unspecified atom stereocenters. The summed E-state index contributed by atoms with van der Waals surface area (Å²) in [6, 6.07) is 5.54. The predicted octanol–water partition coefficient (Wildman–Crippen LogP) is 0.787. The van der Waals surface area contributed by atoms with Crippen molar-refractivity contribution < 1.29 is 24.0 Å². The summed E-state index contributed by atoms with van der Waals surface area (Å²) < 4.78 is 4.93. The Morgan fingerprint density at radius 3 is 2.29 bits per heavy atom. The molecule has 0 saturated carbocycles. The van der Waals surface area contributed by atoms with Crippen molar-refractivity contribution in [1.82, 2.24) is 4.90 Å². The van der Waals surface area contributed by atoms with Gasteiger partial charge < -0.3 is 4.74 Å². The lowest BCUT2D eigenvalue weighted by Crippen LogP contribution is -2.35. The number of esters is 1. The van der Waals surface area contributed by atoms with Crippen LogP contribution >= 0.6 is 0 Å². The molecule has 1 aliphatic rings. The maximum Gasteiger partial charge on any atom is 0.326 e. The molecule has 0 aliphatic carbocycles. The molecule has 1 saturated heterocycles. The van der Waals surface area contributed by atoms with E-state index in [4.69, 9.17) is 4.74 Å². The number of amides is 2. The number of likely N-dealkylation sites (tertiary alicyclic amines) is 1. The summed E-state index contributed by atoms with van der Waals surface area (Å²) in [4.78, 5) is 45.1. The largest absolute Gasteiger partial charge is 0.459 e. The van der Waals surface area contributed by atoms with Gasteiger partial charge in [-0.1, -0.05) is 0 Å². The SMILES string of the molecule is O=C(CN1C(=O)CCC1=O)OCc1ccc([N+](=O)[O-])cc1. The Balaban J connectivity index is 1.85. The molecular formula is C13H12N2O6. The first-order valence-corrected chi connectivity index (χ1v) is 6.19. The quantitative estimate of drug-likeness (QED) is 0.343. The van der Waals surface area contributed by atoms with Gasteiger partial charge in [0.2, 0.25) is 11.8 Å². The average molecular weight is 292 g/mol. The molecule has 0 N–H and O–H groups in total. The lowest BCUT2D eigenvalue weighted by atomic mass is 10.2. The number of nitro benzene ring substituents is 1. The number of hydrogen-bond donors (Lipinski definition) is 0. The van der Waals surface area contributed by atoms with Crippen molar-refractivity contribution in [1.29, 1.82) is 0 Å². The van der Waals surface area contributed by atoms with E-state index >= 15 is 0 Å². The van der Waals surface area contributed by atoms with Crippen molar-refractivity contribution in [3.63, 3.8) is 0 Å². The fourth-order valence-corrected chi connectivity index (χ4v) is 1.85. The molecule has 8 nitrogen and oxygen atoms in total. The standard InChI is InChI=1S/C13H12N2O6/c16-11-5-6-12(17)14(11)7-13(18)21-8-9-1-3-10(4-2-9)15(19)20/h1-4H,5-8H2. The molecule has 1 aromatic rings. The number of hydrogen-bond acceptors (Lipinski definition) is 6. The predicted molar refractivity (Wildman–Crippen MR) is 68.8 cm³/mol. The van der Waals surface area contributed by atoms with E-state index in [2.05, 4.69) is 0 Å². The molecule has 0 radical (unpaired) electrons. The van der Waals surface area contributed by atoms with Crippen molar-refractivity contribution >= 4 is 23.5 Å². The second-order valence-electron chi connectivity index (χ2n) is 4.46. The molecule has 1 aromatic carbocycles. The molecule has 110 valence electrons. The second-order valence-corrected chi connectivity index (χ2v) is 4.46. The topological polar surface area (TPSA) is 107 Å². The van der Waals surface area contributed by atoms with Crippen LogP contribution in [0, 0.1) is 10.1 Å². The van der Waals surface area contributed by atoms with Gasteiger partial charge in [-0.2, -0.15) is 0 Å². The minimum absolute atomic E-state index is 0.0571. The van der Waals surface area contributed by atoms with Crippen LogP contribution in [0.2, 0.25) is 0 Å². The zero-order valence-corrected chi connectivity index (χ0v) is 11.0. The molecule has 21 heavy (non-hydrogen) atoms. The van der Waals surface area contributed by atoms with E-state index in [-0.39, 0.29) is 37.0 Å². The lowest BCUT2D eigenvalue weighted by Gasteiger charge is -2.12. The van der Waals surface area contributed by atoms with E-state index in [9.17, 15) is 24.5 Å². The first-order chi connectivity index (χ1) is 9.97. The number of ether oxygens (including phenoxy) is 1. The molecule has 8 heteroatoms. The maximum absolute atomic E-state index is 11.6. The number of imide groups is 1. The molecule has 1 fully saturated rings. The van der Waals surface area contributed by atoms with Crippen molar-refractivity contribution in [3.05, 3.63) is 39.9 Å². The van der Waals surface area contributed by atoms with E-state index in [1.807, 2.05) is 0 Å². The van der Waals surface area contributed by atoms with Gasteiger partial charge in [0, 0.05) is 25.0 Å². The van der Waals surface area contributed by atoms with Crippen LogP contribution in [0.5, 0.6) is 0 Å². The minimum atomic E-state index is -0.697. The number of carbonyl (C=O) groups is 3. The molecule has 0 spiro atoms. The van der Waals surface area contributed by atoms with Crippen LogP contribution in [0.1, 0.15) is 18.4 Å². The fraction of sp³-hybridized carbons (Fsp3) is 0.308. The number of nitro groups is 1. The Labute approximate surface area is 119 Å². The molecule has 0 atom stereocenters. The van der Waals surface area contributed by atoms with Gasteiger partial charge in [-0.05, 0) is 17.7 Å². The Kier molecular flexibility index (Phi) is 4.27. The van der Waals surface area contributed by atoms with Crippen molar-refractivity contribution in [2.45, 2.75) is 19.4 Å². The smallest absolute Gasteiger partial charge is 0.326 e. The number of benzene rings is 1. The normalized spacial score (nSPS) is 14.4. The number of non-ortho nitro benzene ring substituents is 1. The van der Waals surface area contributed by atoms with Crippen molar-refractivity contribution in [2.24, 2.45) is 0 Å². The van der Waals surface area contributed by atoms with Crippen LogP contribution in [-0.2, 0) is 25.7 Å². The summed E-state index contributed by atoms with van der Waals surface area (Å²) in [5.41, 5.74) is 0.520. The average Bonchev–Trinajstić information content (AvgIpc) is 2.77. The van der Waals surface area contributed by atoms with Gasteiger partial charge in [-0.25, -0.2) is 0 Å². The van der Waals surface area contributed by atoms with Crippen LogP contribution in [-0.4, -0.2) is 34.2 Å². The van der Waals surface area contributed by atoms with Gasteiger partial charge in [-0.15, -0.1) is 0 Å². The third kappa shape index (κ3) is 3.62. The van der Waals surface area contributed by atoms with Crippen LogP contribution in [0.15, 0.2) is 24.3 Å². The van der Waals surface area contributed by atoms with Gasteiger partial charge in [0.1, 0.15) is 13.2 Å². The van der Waals surface area contributed by atoms with E-state index < -0.39 is 17.4 Å². The molecule has 2 rings (SSSR count). The Morgan fingerprint density at radius 2 is 1.76 bits per heavy atom. The summed E-state index contributed by atoms with van der Waals surface area (Å²) in [7, 11) is 0. The summed E-state index contributed by atoms with van der Waals surface area (Å²) >= 11 is 0.